The van der Waals surface area contributed by atoms with E-state index in [9.17, 15) is 18.0 Å². The lowest BCUT2D eigenvalue weighted by atomic mass is 10.2. The molecule has 160 valence electrons. The van der Waals surface area contributed by atoms with Gasteiger partial charge in [-0.05, 0) is 48.4 Å². The number of rotatable bonds is 9. The maximum Gasteiger partial charge on any atom is 0.422 e. The summed E-state index contributed by atoms with van der Waals surface area (Å²) < 4.78 is 52.9. The Morgan fingerprint density at radius 2 is 1.87 bits per heavy atom. The van der Waals surface area contributed by atoms with Gasteiger partial charge >= 0.3 is 6.18 Å². The summed E-state index contributed by atoms with van der Waals surface area (Å²) in [5.74, 6) is 0.437. The number of nitrogens with one attached hydrogen (secondary N) is 1. The molecular weight excluding hydrogens is 399 g/mol. The molecule has 2 aromatic rings. The number of anilines is 1. The predicted molar refractivity (Wildman–Crippen MR) is 109 cm³/mol. The van der Waals surface area contributed by atoms with Crippen molar-refractivity contribution in [2.24, 2.45) is 0 Å². The molecule has 0 aromatic heterocycles. The number of hydrogen-bond acceptors (Lipinski definition) is 4. The van der Waals surface area contributed by atoms with Crippen LogP contribution in [0.4, 0.5) is 18.9 Å². The van der Waals surface area contributed by atoms with E-state index in [-0.39, 0.29) is 11.4 Å². The van der Waals surface area contributed by atoms with Gasteiger partial charge in [0.25, 0.3) is 0 Å². The van der Waals surface area contributed by atoms with Gasteiger partial charge in [-0.25, -0.2) is 0 Å². The molecule has 1 N–H and O–H groups in total. The molecule has 0 atom stereocenters. The van der Waals surface area contributed by atoms with E-state index in [1.807, 2.05) is 0 Å². The van der Waals surface area contributed by atoms with Crippen molar-refractivity contribution in [3.63, 3.8) is 0 Å². The van der Waals surface area contributed by atoms with Gasteiger partial charge in [-0.2, -0.15) is 13.2 Å². The van der Waals surface area contributed by atoms with Gasteiger partial charge in [0.1, 0.15) is 12.4 Å². The van der Waals surface area contributed by atoms with Crippen molar-refractivity contribution >= 4 is 17.7 Å². The lowest BCUT2D eigenvalue weighted by molar-refractivity contribution is -0.153. The Bertz CT molecular complexity index is 923. The van der Waals surface area contributed by atoms with Crippen molar-refractivity contribution in [3.05, 3.63) is 66.3 Å². The number of carbonyl (C=O) groups excluding carboxylic acids is 1. The van der Waals surface area contributed by atoms with Crippen LogP contribution in [0, 0.1) is 6.92 Å². The summed E-state index contributed by atoms with van der Waals surface area (Å²) in [4.78, 5) is 12.2. The third-order valence-corrected chi connectivity index (χ3v) is 3.76. The minimum atomic E-state index is -4.48. The van der Waals surface area contributed by atoms with E-state index in [1.54, 1.807) is 43.3 Å². The molecule has 0 aliphatic heterocycles. The lowest BCUT2D eigenvalue weighted by Crippen LogP contribution is -2.20. The maximum absolute atomic E-state index is 12.5. The number of aryl methyl sites for hydroxylation is 1. The Hall–Kier alpha value is -3.42. The Morgan fingerprint density at radius 3 is 2.53 bits per heavy atom. The minimum absolute atomic E-state index is 0.0561. The number of ether oxygens (including phenoxy) is 3. The second kappa shape index (κ2) is 10.4. The fourth-order valence-corrected chi connectivity index (χ4v) is 2.41. The zero-order chi connectivity index (χ0) is 22.1. The van der Waals surface area contributed by atoms with E-state index in [0.717, 1.165) is 0 Å². The quantitative estimate of drug-likeness (QED) is 0.449. The van der Waals surface area contributed by atoms with Gasteiger partial charge in [0.15, 0.2) is 18.1 Å². The van der Waals surface area contributed by atoms with Crippen LogP contribution >= 0.6 is 0 Å². The van der Waals surface area contributed by atoms with E-state index in [2.05, 4.69) is 11.9 Å². The van der Waals surface area contributed by atoms with Crippen LogP contribution in [0.5, 0.6) is 17.2 Å². The van der Waals surface area contributed by atoms with Crippen LogP contribution in [0.3, 0.4) is 0 Å². The molecule has 2 rings (SSSR count). The van der Waals surface area contributed by atoms with Crippen molar-refractivity contribution in [1.82, 2.24) is 0 Å². The monoisotopic (exact) mass is 421 g/mol. The summed E-state index contributed by atoms with van der Waals surface area (Å²) in [5, 5.41) is 2.53. The number of halogens is 3. The molecular formula is C22H22F3NO4. The van der Waals surface area contributed by atoms with Crippen molar-refractivity contribution in [3.8, 4) is 17.2 Å². The molecule has 8 heteroatoms. The Balaban J connectivity index is 2.10. The average molecular weight is 421 g/mol. The highest BCUT2D eigenvalue weighted by molar-refractivity contribution is 6.02. The smallest absolute Gasteiger partial charge is 0.422 e. The molecule has 1 amide bonds. The number of amides is 1. The normalized spacial score (nSPS) is 11.2. The highest BCUT2D eigenvalue weighted by Gasteiger charge is 2.29. The van der Waals surface area contributed by atoms with E-state index in [1.165, 1.54) is 25.3 Å². The summed E-state index contributed by atoms with van der Waals surface area (Å²) in [7, 11) is 1.50. The fraction of sp³-hybridized carbons (Fsp3) is 0.227. The molecule has 5 nitrogen and oxygen atoms in total. The van der Waals surface area contributed by atoms with Gasteiger partial charge < -0.3 is 19.5 Å². The molecule has 0 radical (unpaired) electrons. The standard InChI is InChI=1S/C22H22F3NO4/c1-4-11-29-18-9-6-16(13-20(18)28-3)7-10-21(27)26-17-8-5-15(2)12-19(17)30-14-22(23,24)25/h4-10,12-13H,1,11,14H2,2-3H3,(H,26,27). The van der Waals surface area contributed by atoms with Crippen molar-refractivity contribution < 1.29 is 32.2 Å². The molecule has 0 aliphatic rings. The van der Waals surface area contributed by atoms with Gasteiger partial charge in [-0.3, -0.25) is 4.79 Å². The summed E-state index contributed by atoms with van der Waals surface area (Å²) in [6.45, 7) is 4.16. The molecule has 0 saturated carbocycles. The molecule has 0 aliphatic carbocycles. The average Bonchev–Trinajstić information content (AvgIpc) is 2.70. The van der Waals surface area contributed by atoms with Gasteiger partial charge in [0.05, 0.1) is 12.8 Å². The Labute approximate surface area is 172 Å². The van der Waals surface area contributed by atoms with E-state index in [0.29, 0.717) is 29.2 Å². The van der Waals surface area contributed by atoms with Crippen LogP contribution < -0.4 is 19.5 Å². The molecule has 0 unspecified atom stereocenters. The maximum atomic E-state index is 12.5. The highest BCUT2D eigenvalue weighted by atomic mass is 19.4. The van der Waals surface area contributed by atoms with Crippen LogP contribution in [0.1, 0.15) is 11.1 Å². The SMILES string of the molecule is C=CCOc1ccc(C=CC(=O)Nc2ccc(C)cc2OCC(F)(F)F)cc1OC. The van der Waals surface area contributed by atoms with Gasteiger partial charge in [0.2, 0.25) is 5.91 Å². The van der Waals surface area contributed by atoms with E-state index in [4.69, 9.17) is 14.2 Å². The van der Waals surface area contributed by atoms with Crippen molar-refractivity contribution in [1.29, 1.82) is 0 Å². The zero-order valence-electron chi connectivity index (χ0n) is 16.6. The third-order valence-electron chi connectivity index (χ3n) is 3.76. The Kier molecular flexibility index (Phi) is 7.91. The highest BCUT2D eigenvalue weighted by Crippen LogP contribution is 2.29. The predicted octanol–water partition coefficient (Wildman–Crippen LogP) is 5.16. The van der Waals surface area contributed by atoms with Crippen LogP contribution in [0.2, 0.25) is 0 Å². The van der Waals surface area contributed by atoms with Crippen molar-refractivity contribution in [2.45, 2.75) is 13.1 Å². The van der Waals surface area contributed by atoms with Gasteiger partial charge in [-0.15, -0.1) is 0 Å². The molecule has 0 fully saturated rings. The van der Waals surface area contributed by atoms with Crippen molar-refractivity contribution in [2.75, 3.05) is 25.6 Å². The first-order valence-electron chi connectivity index (χ1n) is 8.93. The minimum Gasteiger partial charge on any atom is -0.493 e. The first kappa shape index (κ1) is 22.9. The fourth-order valence-electron chi connectivity index (χ4n) is 2.41. The number of benzene rings is 2. The van der Waals surface area contributed by atoms with Crippen LogP contribution in [0.15, 0.2) is 55.1 Å². The summed E-state index contributed by atoms with van der Waals surface area (Å²) in [6, 6.07) is 9.69. The van der Waals surface area contributed by atoms with Crippen LogP contribution in [-0.4, -0.2) is 32.4 Å². The number of methoxy groups -OCH3 is 1. The van der Waals surface area contributed by atoms with Gasteiger partial charge in [0, 0.05) is 6.08 Å². The Morgan fingerprint density at radius 1 is 1.10 bits per heavy atom. The molecule has 0 spiro atoms. The van der Waals surface area contributed by atoms with E-state index < -0.39 is 18.7 Å². The summed E-state index contributed by atoms with van der Waals surface area (Å²) >= 11 is 0. The lowest BCUT2D eigenvalue weighted by Gasteiger charge is -2.14. The number of carbonyl (C=O) groups is 1. The first-order chi connectivity index (χ1) is 14.2. The van der Waals surface area contributed by atoms with Crippen LogP contribution in [-0.2, 0) is 4.79 Å². The molecule has 2 aromatic carbocycles. The molecule has 0 bridgehead atoms. The third kappa shape index (κ3) is 7.20. The molecule has 0 saturated heterocycles. The second-order valence-electron chi connectivity index (χ2n) is 6.24. The first-order valence-corrected chi connectivity index (χ1v) is 8.93. The van der Waals surface area contributed by atoms with E-state index >= 15 is 0 Å². The molecule has 30 heavy (non-hydrogen) atoms. The summed E-state index contributed by atoms with van der Waals surface area (Å²) in [6.07, 6.45) is -0.0765. The zero-order valence-corrected chi connectivity index (χ0v) is 16.6. The van der Waals surface area contributed by atoms with Crippen LogP contribution in [0.25, 0.3) is 6.08 Å². The van der Waals surface area contributed by atoms with Gasteiger partial charge in [-0.1, -0.05) is 24.8 Å². The molecule has 0 heterocycles. The second-order valence-corrected chi connectivity index (χ2v) is 6.24. The largest absolute Gasteiger partial charge is 0.493 e. The number of alkyl halides is 3. The number of hydrogen-bond donors (Lipinski definition) is 1. The topological polar surface area (TPSA) is 56.8 Å². The summed E-state index contributed by atoms with van der Waals surface area (Å²) in [5.41, 5.74) is 1.52.